The third kappa shape index (κ3) is 9.64. The quantitative estimate of drug-likeness (QED) is 0.107. The van der Waals surface area contributed by atoms with Gasteiger partial charge in [0.2, 0.25) is 0 Å². The first-order chi connectivity index (χ1) is 17.6. The van der Waals surface area contributed by atoms with Crippen LogP contribution in [0.4, 0.5) is 0 Å². The predicted octanol–water partition coefficient (Wildman–Crippen LogP) is 5.31. The van der Waals surface area contributed by atoms with E-state index in [-0.39, 0.29) is 17.5 Å². The van der Waals surface area contributed by atoms with Crippen LogP contribution in [0.2, 0.25) is 0 Å². The molecular formula is C26H37NO11. The molecule has 0 aliphatic rings. The van der Waals surface area contributed by atoms with Crippen molar-refractivity contribution in [2.24, 2.45) is 0 Å². The minimum Gasteiger partial charge on any atom is -0.478 e. The SMILES string of the molecule is Cc1c(CCCCCCCCCC(C)O[N+](=O)[O-])c(C(=O)OC(C)(C)C)c(C(=O)O)c(C(=O)O)c1C(=O)O. The van der Waals surface area contributed by atoms with E-state index in [0.717, 1.165) is 32.1 Å². The average Bonchev–Trinajstić information content (AvgIpc) is 2.75. The largest absolute Gasteiger partial charge is 0.478 e. The number of nitrogens with zero attached hydrogens (tertiary/aromatic N) is 1. The van der Waals surface area contributed by atoms with Gasteiger partial charge in [0.15, 0.2) is 0 Å². The van der Waals surface area contributed by atoms with Crippen molar-refractivity contribution in [3.05, 3.63) is 43.5 Å². The van der Waals surface area contributed by atoms with E-state index in [1.807, 2.05) is 0 Å². The number of benzene rings is 1. The number of carbonyl (C=O) groups excluding carboxylic acids is 1. The average molecular weight is 540 g/mol. The van der Waals surface area contributed by atoms with Crippen LogP contribution >= 0.6 is 0 Å². The number of unbranched alkanes of at least 4 members (excludes halogenated alkanes) is 6. The van der Waals surface area contributed by atoms with Crippen LogP contribution in [-0.2, 0) is 16.0 Å². The molecule has 0 heterocycles. The molecule has 1 atom stereocenters. The van der Waals surface area contributed by atoms with Crippen molar-refractivity contribution < 1.29 is 49.2 Å². The molecule has 0 bridgehead atoms. The Kier molecular flexibility index (Phi) is 12.2. The predicted molar refractivity (Wildman–Crippen MR) is 135 cm³/mol. The number of rotatable bonds is 16. The van der Waals surface area contributed by atoms with Crippen LogP contribution in [0, 0.1) is 17.0 Å². The van der Waals surface area contributed by atoms with Gasteiger partial charge in [-0.3, -0.25) is 0 Å². The minimum absolute atomic E-state index is 0.0202. The van der Waals surface area contributed by atoms with E-state index in [4.69, 9.17) is 4.74 Å². The highest BCUT2D eigenvalue weighted by Gasteiger charge is 2.36. The fraction of sp³-hybridized carbons (Fsp3) is 0.615. The van der Waals surface area contributed by atoms with Crippen LogP contribution in [-0.4, -0.2) is 56.0 Å². The number of esters is 1. The molecular weight excluding hydrogens is 502 g/mol. The van der Waals surface area contributed by atoms with E-state index in [1.54, 1.807) is 27.7 Å². The molecule has 0 spiro atoms. The van der Waals surface area contributed by atoms with Gasteiger partial charge in [-0.1, -0.05) is 38.5 Å². The molecule has 1 aromatic carbocycles. The molecule has 0 aliphatic heterocycles. The van der Waals surface area contributed by atoms with Crippen molar-refractivity contribution in [3.63, 3.8) is 0 Å². The number of carbonyl (C=O) groups is 4. The molecule has 0 saturated carbocycles. The zero-order chi connectivity index (χ0) is 29.2. The minimum atomic E-state index is -1.77. The number of carboxylic acid groups (broad SMARTS) is 3. The van der Waals surface area contributed by atoms with Crippen LogP contribution in [0.15, 0.2) is 0 Å². The Bertz CT molecular complexity index is 1060. The van der Waals surface area contributed by atoms with Crippen molar-refractivity contribution in [3.8, 4) is 0 Å². The maximum absolute atomic E-state index is 13.1. The summed E-state index contributed by atoms with van der Waals surface area (Å²) < 4.78 is 5.38. The molecule has 0 fully saturated rings. The Balaban J connectivity index is 3.08. The van der Waals surface area contributed by atoms with Gasteiger partial charge in [-0.15, -0.1) is 10.1 Å². The lowest BCUT2D eigenvalue weighted by atomic mass is 9.84. The van der Waals surface area contributed by atoms with Crippen LogP contribution in [0.3, 0.4) is 0 Å². The Morgan fingerprint density at radius 2 is 1.26 bits per heavy atom. The maximum atomic E-state index is 13.1. The lowest BCUT2D eigenvalue weighted by molar-refractivity contribution is -0.767. The van der Waals surface area contributed by atoms with Crippen LogP contribution in [0.1, 0.15) is 132 Å². The van der Waals surface area contributed by atoms with Gasteiger partial charge in [-0.25, -0.2) is 19.2 Å². The van der Waals surface area contributed by atoms with Gasteiger partial charge in [-0.2, -0.15) is 0 Å². The van der Waals surface area contributed by atoms with Gasteiger partial charge in [0, 0.05) is 0 Å². The zero-order valence-electron chi connectivity index (χ0n) is 22.5. The Morgan fingerprint density at radius 3 is 1.71 bits per heavy atom. The fourth-order valence-electron chi connectivity index (χ4n) is 4.31. The summed E-state index contributed by atoms with van der Waals surface area (Å²) in [5.41, 5.74) is -3.76. The summed E-state index contributed by atoms with van der Waals surface area (Å²) in [6.45, 7) is 7.76. The number of carboxylic acids is 3. The highest BCUT2D eigenvalue weighted by atomic mass is 17.0. The summed E-state index contributed by atoms with van der Waals surface area (Å²) in [7, 11) is 0. The summed E-state index contributed by atoms with van der Waals surface area (Å²) >= 11 is 0. The molecule has 0 radical (unpaired) electrons. The first kappa shape index (κ1) is 32.3. The first-order valence-corrected chi connectivity index (χ1v) is 12.5. The molecule has 1 aromatic rings. The summed E-state index contributed by atoms with van der Waals surface area (Å²) in [6.07, 6.45) is 5.81. The van der Waals surface area contributed by atoms with E-state index in [2.05, 4.69) is 4.84 Å². The second-order valence-electron chi connectivity index (χ2n) is 10.2. The Morgan fingerprint density at radius 1 is 0.816 bits per heavy atom. The molecule has 0 aliphatic carbocycles. The van der Waals surface area contributed by atoms with Crippen LogP contribution < -0.4 is 0 Å². The molecule has 12 heteroatoms. The molecule has 1 rings (SSSR count). The smallest absolute Gasteiger partial charge is 0.339 e. The van der Waals surface area contributed by atoms with E-state index >= 15 is 0 Å². The van der Waals surface area contributed by atoms with E-state index in [9.17, 15) is 44.6 Å². The molecule has 3 N–H and O–H groups in total. The van der Waals surface area contributed by atoms with Gasteiger partial charge < -0.3 is 24.9 Å². The maximum Gasteiger partial charge on any atom is 0.339 e. The Hall–Kier alpha value is -3.70. The number of hydrogen-bond acceptors (Lipinski definition) is 8. The number of ether oxygens (including phenoxy) is 1. The van der Waals surface area contributed by atoms with Crippen molar-refractivity contribution in [1.29, 1.82) is 0 Å². The summed E-state index contributed by atoms with van der Waals surface area (Å²) in [6, 6.07) is 0. The number of hydrogen-bond donors (Lipinski definition) is 3. The number of aromatic carboxylic acids is 3. The van der Waals surface area contributed by atoms with E-state index in [0.29, 0.717) is 19.3 Å². The van der Waals surface area contributed by atoms with Gasteiger partial charge in [0.1, 0.15) is 11.7 Å². The standard InChI is InChI=1S/C26H37NO11/c1-15(38-27(35)36)13-11-9-7-6-8-10-12-14-17-16(2)18(22(28)29)20(23(30)31)21(24(32)33)19(17)25(34)37-26(3,4)5/h15H,6-14H2,1-5H3,(H,28,29)(H,30,31)(H,32,33). The third-order valence-electron chi connectivity index (χ3n) is 5.93. The molecule has 212 valence electrons. The Labute approximate surface area is 221 Å². The summed E-state index contributed by atoms with van der Waals surface area (Å²) in [5.74, 6) is -6.12. The summed E-state index contributed by atoms with van der Waals surface area (Å²) in [4.78, 5) is 63.9. The highest BCUT2D eigenvalue weighted by molar-refractivity contribution is 6.15. The third-order valence-corrected chi connectivity index (χ3v) is 5.93. The lowest BCUT2D eigenvalue weighted by Crippen LogP contribution is -2.29. The van der Waals surface area contributed by atoms with Gasteiger partial charge in [-0.05, 0) is 65.0 Å². The summed E-state index contributed by atoms with van der Waals surface area (Å²) in [5, 5.41) is 38.8. The zero-order valence-corrected chi connectivity index (χ0v) is 22.5. The van der Waals surface area contributed by atoms with Gasteiger partial charge in [0.05, 0.1) is 22.3 Å². The highest BCUT2D eigenvalue weighted by Crippen LogP contribution is 2.32. The fourth-order valence-corrected chi connectivity index (χ4v) is 4.31. The normalized spacial score (nSPS) is 12.0. The van der Waals surface area contributed by atoms with Crippen molar-refractivity contribution >= 4 is 23.9 Å². The molecule has 0 aromatic heterocycles. The molecule has 0 saturated heterocycles. The molecule has 1 unspecified atom stereocenters. The van der Waals surface area contributed by atoms with E-state index < -0.39 is 62.9 Å². The molecule has 0 amide bonds. The molecule has 12 nitrogen and oxygen atoms in total. The van der Waals surface area contributed by atoms with E-state index in [1.165, 1.54) is 6.92 Å². The van der Waals surface area contributed by atoms with Crippen molar-refractivity contribution in [2.75, 3.05) is 0 Å². The molecule has 38 heavy (non-hydrogen) atoms. The van der Waals surface area contributed by atoms with Crippen molar-refractivity contribution in [1.82, 2.24) is 0 Å². The van der Waals surface area contributed by atoms with Gasteiger partial charge in [0.25, 0.3) is 5.09 Å². The topological polar surface area (TPSA) is 191 Å². The second kappa shape index (κ2) is 14.3. The van der Waals surface area contributed by atoms with Crippen LogP contribution in [0.5, 0.6) is 0 Å². The lowest BCUT2D eigenvalue weighted by Gasteiger charge is -2.24. The van der Waals surface area contributed by atoms with Gasteiger partial charge >= 0.3 is 23.9 Å². The van der Waals surface area contributed by atoms with Crippen LogP contribution in [0.25, 0.3) is 0 Å². The second-order valence-corrected chi connectivity index (χ2v) is 10.2. The first-order valence-electron chi connectivity index (χ1n) is 12.5. The van der Waals surface area contributed by atoms with Crippen molar-refractivity contribution in [2.45, 2.75) is 104 Å². The monoisotopic (exact) mass is 539 g/mol.